The molecule has 0 bridgehead atoms. The summed E-state index contributed by atoms with van der Waals surface area (Å²) in [6.07, 6.45) is 5.06. The second-order valence-corrected chi connectivity index (χ2v) is 7.73. The zero-order valence-electron chi connectivity index (χ0n) is 14.0. The standard InChI is InChI=1S/C19H27NO/c1-11-10-14(19(2,3)4)18(21)16-15(11)12-8-6-7-9-13(12)17(16)20-5/h10,12-13,21H,6-9H2,1-5H3/b20-17-. The Bertz CT molecular complexity index is 607. The molecule has 0 amide bonds. The summed E-state index contributed by atoms with van der Waals surface area (Å²) in [6.45, 7) is 8.70. The number of aliphatic imine (C=N–C) groups is 1. The van der Waals surface area contributed by atoms with Crippen LogP contribution in [0.2, 0.25) is 0 Å². The van der Waals surface area contributed by atoms with Gasteiger partial charge in [0.1, 0.15) is 5.75 Å². The maximum absolute atomic E-state index is 10.9. The van der Waals surface area contributed by atoms with Crippen molar-refractivity contribution in [2.45, 2.75) is 64.7 Å². The van der Waals surface area contributed by atoms with Crippen molar-refractivity contribution in [2.75, 3.05) is 7.05 Å². The van der Waals surface area contributed by atoms with E-state index in [-0.39, 0.29) is 5.41 Å². The molecule has 2 nitrogen and oxygen atoms in total. The van der Waals surface area contributed by atoms with Crippen LogP contribution in [0.25, 0.3) is 0 Å². The Hall–Kier alpha value is -1.31. The SMILES string of the molecule is C/N=C1\c2c(O)c(C(C)(C)C)cc(C)c2C2CCCCC12. The molecule has 3 rings (SSSR count). The molecule has 0 heterocycles. The van der Waals surface area contributed by atoms with Crippen LogP contribution >= 0.6 is 0 Å². The topological polar surface area (TPSA) is 32.6 Å². The molecule has 114 valence electrons. The number of phenols is 1. The van der Waals surface area contributed by atoms with Gasteiger partial charge in [-0.3, -0.25) is 4.99 Å². The van der Waals surface area contributed by atoms with Crippen molar-refractivity contribution in [3.05, 3.63) is 28.3 Å². The van der Waals surface area contributed by atoms with Crippen LogP contribution in [0.3, 0.4) is 0 Å². The lowest BCUT2D eigenvalue weighted by Gasteiger charge is -2.27. The first-order valence-corrected chi connectivity index (χ1v) is 8.20. The van der Waals surface area contributed by atoms with E-state index < -0.39 is 0 Å². The zero-order chi connectivity index (χ0) is 15.4. The van der Waals surface area contributed by atoms with E-state index in [0.29, 0.717) is 17.6 Å². The summed E-state index contributed by atoms with van der Waals surface area (Å²) >= 11 is 0. The van der Waals surface area contributed by atoms with Crippen molar-refractivity contribution in [2.24, 2.45) is 10.9 Å². The van der Waals surface area contributed by atoms with E-state index in [1.165, 1.54) is 36.8 Å². The van der Waals surface area contributed by atoms with Gasteiger partial charge in [-0.05, 0) is 42.2 Å². The van der Waals surface area contributed by atoms with E-state index in [1.807, 2.05) is 7.05 Å². The van der Waals surface area contributed by atoms with Crippen LogP contribution in [0.5, 0.6) is 5.75 Å². The highest BCUT2D eigenvalue weighted by atomic mass is 16.3. The average molecular weight is 285 g/mol. The van der Waals surface area contributed by atoms with Crippen LogP contribution < -0.4 is 0 Å². The fourth-order valence-electron chi connectivity index (χ4n) is 4.40. The monoisotopic (exact) mass is 285 g/mol. The van der Waals surface area contributed by atoms with Crippen molar-refractivity contribution in [1.82, 2.24) is 0 Å². The van der Waals surface area contributed by atoms with Gasteiger partial charge in [0.2, 0.25) is 0 Å². The van der Waals surface area contributed by atoms with Gasteiger partial charge in [-0.2, -0.15) is 0 Å². The Kier molecular flexibility index (Phi) is 3.38. The van der Waals surface area contributed by atoms with Gasteiger partial charge in [0.05, 0.1) is 0 Å². The Morgan fingerprint density at radius 3 is 2.33 bits per heavy atom. The molecule has 2 atom stereocenters. The highest BCUT2D eigenvalue weighted by Gasteiger charge is 2.42. The molecule has 2 heteroatoms. The van der Waals surface area contributed by atoms with Gasteiger partial charge in [-0.15, -0.1) is 0 Å². The van der Waals surface area contributed by atoms with Crippen LogP contribution in [-0.4, -0.2) is 17.9 Å². The molecule has 1 saturated carbocycles. The second kappa shape index (κ2) is 4.86. The molecular formula is C19H27NO. The van der Waals surface area contributed by atoms with Crippen molar-refractivity contribution < 1.29 is 5.11 Å². The van der Waals surface area contributed by atoms with E-state index >= 15 is 0 Å². The largest absolute Gasteiger partial charge is 0.507 e. The maximum Gasteiger partial charge on any atom is 0.128 e. The van der Waals surface area contributed by atoms with Gasteiger partial charge < -0.3 is 5.11 Å². The average Bonchev–Trinajstić information content (AvgIpc) is 2.76. The molecule has 2 aliphatic carbocycles. The number of fused-ring (bicyclic) bond motifs is 3. The molecule has 0 radical (unpaired) electrons. The minimum Gasteiger partial charge on any atom is -0.507 e. The summed E-state index contributed by atoms with van der Waals surface area (Å²) in [5.41, 5.74) is 5.95. The van der Waals surface area contributed by atoms with Gasteiger partial charge in [0.25, 0.3) is 0 Å². The Balaban J connectivity index is 2.27. The van der Waals surface area contributed by atoms with Crippen molar-refractivity contribution >= 4 is 5.71 Å². The summed E-state index contributed by atoms with van der Waals surface area (Å²) in [7, 11) is 1.88. The Morgan fingerprint density at radius 1 is 1.14 bits per heavy atom. The molecule has 1 aromatic rings. The number of rotatable bonds is 0. The summed E-state index contributed by atoms with van der Waals surface area (Å²) in [4.78, 5) is 4.59. The molecule has 1 aromatic carbocycles. The van der Waals surface area contributed by atoms with Crippen LogP contribution in [0.1, 0.15) is 74.6 Å². The molecule has 0 aliphatic heterocycles. The molecule has 0 spiro atoms. The molecule has 2 unspecified atom stereocenters. The lowest BCUT2D eigenvalue weighted by Crippen LogP contribution is -2.18. The minimum atomic E-state index is -0.0452. The molecule has 0 aromatic heterocycles. The number of hydrogen-bond acceptors (Lipinski definition) is 2. The van der Waals surface area contributed by atoms with Crippen LogP contribution in [0.15, 0.2) is 11.1 Å². The summed E-state index contributed by atoms with van der Waals surface area (Å²) in [5, 5.41) is 10.9. The molecular weight excluding hydrogens is 258 g/mol. The van der Waals surface area contributed by atoms with E-state index in [1.54, 1.807) is 0 Å². The normalized spacial score (nSPS) is 26.8. The fourth-order valence-corrected chi connectivity index (χ4v) is 4.40. The summed E-state index contributed by atoms with van der Waals surface area (Å²) < 4.78 is 0. The predicted molar refractivity (Wildman–Crippen MR) is 88.7 cm³/mol. The zero-order valence-corrected chi connectivity index (χ0v) is 14.0. The van der Waals surface area contributed by atoms with Gasteiger partial charge in [0, 0.05) is 29.8 Å². The predicted octanol–water partition coefficient (Wildman–Crippen LogP) is 4.70. The lowest BCUT2D eigenvalue weighted by atomic mass is 9.78. The first kappa shape index (κ1) is 14.6. The number of aryl methyl sites for hydroxylation is 1. The minimum absolute atomic E-state index is 0.0452. The van der Waals surface area contributed by atoms with Crippen molar-refractivity contribution in [1.29, 1.82) is 0 Å². The van der Waals surface area contributed by atoms with Gasteiger partial charge in [0.15, 0.2) is 0 Å². The first-order valence-electron chi connectivity index (χ1n) is 8.20. The van der Waals surface area contributed by atoms with E-state index in [0.717, 1.165) is 16.8 Å². The molecule has 2 aliphatic rings. The molecule has 1 fully saturated rings. The lowest BCUT2D eigenvalue weighted by molar-refractivity contribution is 0.391. The third-order valence-corrected chi connectivity index (χ3v) is 5.34. The molecule has 21 heavy (non-hydrogen) atoms. The Labute approximate surface area is 128 Å². The third kappa shape index (κ3) is 2.11. The quantitative estimate of drug-likeness (QED) is 0.736. The van der Waals surface area contributed by atoms with Crippen LogP contribution in [-0.2, 0) is 5.41 Å². The summed E-state index contributed by atoms with van der Waals surface area (Å²) in [5.74, 6) is 1.59. The van der Waals surface area contributed by atoms with Gasteiger partial charge in [-0.1, -0.05) is 39.7 Å². The number of benzene rings is 1. The smallest absolute Gasteiger partial charge is 0.128 e. The first-order chi connectivity index (χ1) is 9.86. The number of hydrogen-bond donors (Lipinski definition) is 1. The number of phenolic OH excluding ortho intramolecular Hbond substituents is 1. The number of nitrogens with zero attached hydrogens (tertiary/aromatic N) is 1. The third-order valence-electron chi connectivity index (χ3n) is 5.34. The maximum atomic E-state index is 10.9. The van der Waals surface area contributed by atoms with E-state index in [9.17, 15) is 5.11 Å². The van der Waals surface area contributed by atoms with Crippen LogP contribution in [0, 0.1) is 12.8 Å². The van der Waals surface area contributed by atoms with Crippen LogP contribution in [0.4, 0.5) is 0 Å². The second-order valence-electron chi connectivity index (χ2n) is 7.73. The Morgan fingerprint density at radius 2 is 1.76 bits per heavy atom. The van der Waals surface area contributed by atoms with Crippen molar-refractivity contribution in [3.63, 3.8) is 0 Å². The summed E-state index contributed by atoms with van der Waals surface area (Å²) in [6, 6.07) is 2.21. The van der Waals surface area contributed by atoms with E-state index in [4.69, 9.17) is 0 Å². The van der Waals surface area contributed by atoms with Gasteiger partial charge in [-0.25, -0.2) is 0 Å². The molecule has 0 saturated heterocycles. The van der Waals surface area contributed by atoms with Crippen molar-refractivity contribution in [3.8, 4) is 5.75 Å². The molecule has 1 N–H and O–H groups in total. The van der Waals surface area contributed by atoms with Gasteiger partial charge >= 0.3 is 0 Å². The number of aromatic hydroxyl groups is 1. The highest BCUT2D eigenvalue weighted by Crippen LogP contribution is 2.52. The van der Waals surface area contributed by atoms with E-state index in [2.05, 4.69) is 38.8 Å². The highest BCUT2D eigenvalue weighted by molar-refractivity contribution is 6.10. The fraction of sp³-hybridized carbons (Fsp3) is 0.632.